The van der Waals surface area contributed by atoms with Crippen LogP contribution in [-0.2, 0) is 4.43 Å². The Bertz CT molecular complexity index is 1140. The van der Waals surface area contributed by atoms with Gasteiger partial charge in [0.05, 0.1) is 34.2 Å². The molecule has 2 saturated carbocycles. The molecule has 5 nitrogen and oxygen atoms in total. The molecule has 2 heterocycles. The van der Waals surface area contributed by atoms with Crippen molar-refractivity contribution in [1.82, 2.24) is 19.7 Å². The summed E-state index contributed by atoms with van der Waals surface area (Å²) in [6.45, 7) is 12.5. The molecule has 7 heteroatoms. The highest BCUT2D eigenvalue weighted by Gasteiger charge is 2.40. The van der Waals surface area contributed by atoms with Gasteiger partial charge in [-0.2, -0.15) is 5.10 Å². The predicted octanol–water partition coefficient (Wildman–Crippen LogP) is 7.00. The summed E-state index contributed by atoms with van der Waals surface area (Å²) in [5.74, 6) is 1.19. The number of para-hydroxylation sites is 1. The highest BCUT2D eigenvalue weighted by atomic mass is 35.5. The smallest absolute Gasteiger partial charge is 0.191 e. The van der Waals surface area contributed by atoms with Crippen LogP contribution in [0.1, 0.15) is 64.1 Å². The lowest BCUT2D eigenvalue weighted by Crippen LogP contribution is -2.43. The molecule has 0 saturated heterocycles. The summed E-state index contributed by atoms with van der Waals surface area (Å²) in [7, 11) is -1.68. The van der Waals surface area contributed by atoms with Crippen molar-refractivity contribution in [2.24, 2.45) is 5.92 Å². The predicted molar refractivity (Wildman–Crippen MR) is 133 cm³/mol. The first-order valence-corrected chi connectivity index (χ1v) is 15.1. The number of halogens is 1. The van der Waals surface area contributed by atoms with Gasteiger partial charge in [0.15, 0.2) is 8.32 Å². The quantitative estimate of drug-likeness (QED) is 0.365. The van der Waals surface area contributed by atoms with Gasteiger partial charge in [-0.3, -0.25) is 9.67 Å². The number of hydrogen-bond acceptors (Lipinski definition) is 4. The van der Waals surface area contributed by atoms with Gasteiger partial charge in [-0.15, -0.1) is 0 Å². The summed E-state index contributed by atoms with van der Waals surface area (Å²) < 4.78 is 8.65. The van der Waals surface area contributed by atoms with Crippen molar-refractivity contribution in [3.63, 3.8) is 0 Å². The Balaban J connectivity index is 1.32. The molecule has 2 fully saturated rings. The fourth-order valence-electron chi connectivity index (χ4n) is 4.18. The Labute approximate surface area is 196 Å². The van der Waals surface area contributed by atoms with Crippen molar-refractivity contribution in [1.29, 1.82) is 0 Å². The second-order valence-electron chi connectivity index (χ2n) is 11.1. The molecule has 2 aliphatic rings. The molecule has 170 valence electrons. The Morgan fingerprint density at radius 3 is 2.62 bits per heavy atom. The van der Waals surface area contributed by atoms with Gasteiger partial charge in [0.25, 0.3) is 0 Å². The minimum absolute atomic E-state index is 0.261. The molecule has 0 spiro atoms. The van der Waals surface area contributed by atoms with E-state index in [1.165, 1.54) is 18.5 Å². The maximum Gasteiger partial charge on any atom is 0.191 e. The number of rotatable bonds is 6. The fourth-order valence-corrected chi connectivity index (χ4v) is 5.48. The van der Waals surface area contributed by atoms with Crippen LogP contribution < -0.4 is 0 Å². The Hall–Kier alpha value is -1.76. The van der Waals surface area contributed by atoms with E-state index in [2.05, 4.69) is 49.7 Å². The average molecular weight is 469 g/mol. The maximum atomic E-state index is 6.46. The number of benzene rings is 1. The van der Waals surface area contributed by atoms with Gasteiger partial charge < -0.3 is 4.43 Å². The first-order valence-electron chi connectivity index (χ1n) is 11.8. The molecular formula is C25H33ClN4OSi. The third kappa shape index (κ3) is 4.13. The van der Waals surface area contributed by atoms with Gasteiger partial charge in [0, 0.05) is 24.3 Å². The SMILES string of the molecule is CC(C)(C)[Si](C)(C)OCC1CC(n2cc(-c3cnc4c(Cl)cccc4n3)c(C3CC3)n2)C1. The van der Waals surface area contributed by atoms with Crippen molar-refractivity contribution in [2.45, 2.75) is 76.5 Å². The number of hydrogen-bond donors (Lipinski definition) is 0. The van der Waals surface area contributed by atoms with Gasteiger partial charge in [-0.05, 0) is 61.9 Å². The van der Waals surface area contributed by atoms with Crippen LogP contribution >= 0.6 is 11.6 Å². The summed E-state index contributed by atoms with van der Waals surface area (Å²) in [5.41, 5.74) is 4.78. The molecule has 0 bridgehead atoms. The van der Waals surface area contributed by atoms with Crippen molar-refractivity contribution >= 4 is 31.0 Å². The van der Waals surface area contributed by atoms with Crippen LogP contribution in [0.4, 0.5) is 0 Å². The molecule has 2 aliphatic carbocycles. The van der Waals surface area contributed by atoms with Gasteiger partial charge >= 0.3 is 0 Å². The second-order valence-corrected chi connectivity index (χ2v) is 16.3. The zero-order valence-electron chi connectivity index (χ0n) is 19.7. The topological polar surface area (TPSA) is 52.8 Å². The standard InChI is InChI=1S/C25H33ClN4OSi/c1-25(2,3)32(4,5)31-15-16-11-18(12-16)30-14-19(23(29-30)17-9-10-17)22-13-27-24-20(26)7-6-8-21(24)28-22/h6-8,13-14,16-18H,9-12,15H2,1-5H3. The Kier molecular flexibility index (Phi) is 5.46. The number of fused-ring (bicyclic) bond motifs is 1. The molecule has 1 aromatic carbocycles. The van der Waals surface area contributed by atoms with Gasteiger partial charge in [0.2, 0.25) is 0 Å². The summed E-state index contributed by atoms with van der Waals surface area (Å²) in [5, 5.41) is 5.94. The molecule has 2 aromatic heterocycles. The Morgan fingerprint density at radius 1 is 1.19 bits per heavy atom. The third-order valence-corrected chi connectivity index (χ3v) is 12.4. The van der Waals surface area contributed by atoms with Crippen LogP contribution in [0, 0.1) is 5.92 Å². The van der Waals surface area contributed by atoms with Crippen LogP contribution in [0.2, 0.25) is 23.2 Å². The highest BCUT2D eigenvalue weighted by Crippen LogP contribution is 2.46. The van der Waals surface area contributed by atoms with E-state index in [9.17, 15) is 0 Å². The monoisotopic (exact) mass is 468 g/mol. The summed E-state index contributed by atoms with van der Waals surface area (Å²) in [4.78, 5) is 9.47. The molecule has 5 rings (SSSR count). The largest absolute Gasteiger partial charge is 0.417 e. The number of nitrogens with zero attached hydrogens (tertiary/aromatic N) is 4. The van der Waals surface area contributed by atoms with Crippen LogP contribution in [-0.4, -0.2) is 34.7 Å². The van der Waals surface area contributed by atoms with Crippen molar-refractivity contribution in [2.75, 3.05) is 6.61 Å². The van der Waals surface area contributed by atoms with E-state index in [-0.39, 0.29) is 5.04 Å². The van der Waals surface area contributed by atoms with Crippen LogP contribution in [0.5, 0.6) is 0 Å². The maximum absolute atomic E-state index is 6.46. The number of aromatic nitrogens is 4. The third-order valence-electron chi connectivity index (χ3n) is 7.59. The molecule has 0 N–H and O–H groups in total. The highest BCUT2D eigenvalue weighted by molar-refractivity contribution is 6.74. The first kappa shape index (κ1) is 22.1. The van der Waals surface area contributed by atoms with Crippen molar-refractivity contribution < 1.29 is 4.43 Å². The summed E-state index contributed by atoms with van der Waals surface area (Å²) in [6, 6.07) is 6.21. The van der Waals surface area contributed by atoms with Crippen LogP contribution in [0.3, 0.4) is 0 Å². The molecule has 0 atom stereocenters. The van der Waals surface area contributed by atoms with E-state index >= 15 is 0 Å². The molecule has 32 heavy (non-hydrogen) atoms. The Morgan fingerprint density at radius 2 is 1.94 bits per heavy atom. The molecule has 0 aliphatic heterocycles. The lowest BCUT2D eigenvalue weighted by atomic mass is 9.81. The molecule has 0 amide bonds. The van der Waals surface area contributed by atoms with E-state index in [0.29, 0.717) is 22.9 Å². The molecular weight excluding hydrogens is 436 g/mol. The zero-order chi connectivity index (χ0) is 22.7. The minimum Gasteiger partial charge on any atom is -0.417 e. The van der Waals surface area contributed by atoms with E-state index < -0.39 is 8.32 Å². The molecule has 3 aromatic rings. The van der Waals surface area contributed by atoms with Crippen LogP contribution in [0.15, 0.2) is 30.6 Å². The molecule has 0 radical (unpaired) electrons. The van der Waals surface area contributed by atoms with E-state index in [1.54, 1.807) is 0 Å². The normalized spacial score (nSPS) is 21.7. The van der Waals surface area contributed by atoms with Crippen LogP contribution in [0.25, 0.3) is 22.3 Å². The van der Waals surface area contributed by atoms with Crippen molar-refractivity contribution in [3.05, 3.63) is 41.3 Å². The van der Waals surface area contributed by atoms with Gasteiger partial charge in [-0.25, -0.2) is 4.98 Å². The zero-order valence-corrected chi connectivity index (χ0v) is 21.5. The van der Waals surface area contributed by atoms with E-state index in [4.69, 9.17) is 26.1 Å². The summed E-state index contributed by atoms with van der Waals surface area (Å²) in [6.07, 6.45) is 8.74. The van der Waals surface area contributed by atoms with E-state index in [0.717, 1.165) is 41.7 Å². The minimum atomic E-state index is -1.68. The van der Waals surface area contributed by atoms with E-state index in [1.807, 2.05) is 24.4 Å². The summed E-state index contributed by atoms with van der Waals surface area (Å²) >= 11 is 6.28. The average Bonchev–Trinajstić information content (AvgIpc) is 3.45. The second kappa shape index (κ2) is 7.92. The molecule has 0 unspecified atom stereocenters. The van der Waals surface area contributed by atoms with Gasteiger partial charge in [-0.1, -0.05) is 38.4 Å². The lowest BCUT2D eigenvalue weighted by molar-refractivity contribution is 0.110. The van der Waals surface area contributed by atoms with Crippen molar-refractivity contribution in [3.8, 4) is 11.3 Å². The fraction of sp³-hybridized carbons (Fsp3) is 0.560. The lowest BCUT2D eigenvalue weighted by Gasteiger charge is -2.41. The van der Waals surface area contributed by atoms with Gasteiger partial charge in [0.1, 0.15) is 5.52 Å². The first-order chi connectivity index (χ1) is 15.1.